The number of anilines is 1. The zero-order valence-corrected chi connectivity index (χ0v) is 11.3. The SMILES string of the molecule is Nc1nc(-c2ccccc2)c(C(=O)N2CCCC2)s1. The molecule has 19 heavy (non-hydrogen) atoms. The molecule has 0 bridgehead atoms. The summed E-state index contributed by atoms with van der Waals surface area (Å²) in [6, 6.07) is 9.73. The highest BCUT2D eigenvalue weighted by Gasteiger charge is 2.25. The number of aromatic nitrogens is 1. The maximum atomic E-state index is 12.5. The zero-order chi connectivity index (χ0) is 13.2. The second-order valence-electron chi connectivity index (χ2n) is 4.60. The van der Waals surface area contributed by atoms with Crippen molar-refractivity contribution in [2.75, 3.05) is 18.8 Å². The molecule has 98 valence electrons. The Morgan fingerprint density at radius 3 is 2.58 bits per heavy atom. The van der Waals surface area contributed by atoms with Gasteiger partial charge in [0.1, 0.15) is 4.88 Å². The number of hydrogen-bond acceptors (Lipinski definition) is 4. The number of nitrogen functional groups attached to an aromatic ring is 1. The molecule has 2 aromatic rings. The molecule has 3 rings (SSSR count). The van der Waals surface area contributed by atoms with Crippen LogP contribution in [0.25, 0.3) is 11.3 Å². The molecule has 5 heteroatoms. The molecular formula is C14H15N3OS. The summed E-state index contributed by atoms with van der Waals surface area (Å²) < 4.78 is 0. The first-order valence-corrected chi connectivity index (χ1v) is 7.18. The number of likely N-dealkylation sites (tertiary alicyclic amines) is 1. The van der Waals surface area contributed by atoms with E-state index >= 15 is 0 Å². The van der Waals surface area contributed by atoms with Crippen molar-refractivity contribution in [2.45, 2.75) is 12.8 Å². The third-order valence-electron chi connectivity index (χ3n) is 3.28. The molecule has 0 radical (unpaired) electrons. The number of thiazole rings is 1. The Hall–Kier alpha value is -1.88. The summed E-state index contributed by atoms with van der Waals surface area (Å²) in [6.45, 7) is 1.68. The molecule has 1 aliphatic rings. The van der Waals surface area contributed by atoms with E-state index in [-0.39, 0.29) is 5.91 Å². The Kier molecular flexibility index (Phi) is 3.21. The number of nitrogens with two attached hydrogens (primary N) is 1. The highest BCUT2D eigenvalue weighted by molar-refractivity contribution is 7.17. The molecule has 0 aliphatic carbocycles. The fraction of sp³-hybridized carbons (Fsp3) is 0.286. The third kappa shape index (κ3) is 2.33. The molecule has 4 nitrogen and oxygen atoms in total. The summed E-state index contributed by atoms with van der Waals surface area (Å²) in [4.78, 5) is 19.4. The summed E-state index contributed by atoms with van der Waals surface area (Å²) >= 11 is 1.28. The lowest BCUT2D eigenvalue weighted by atomic mass is 10.1. The van der Waals surface area contributed by atoms with Crippen LogP contribution in [0.3, 0.4) is 0 Å². The first-order valence-electron chi connectivity index (χ1n) is 6.37. The zero-order valence-electron chi connectivity index (χ0n) is 10.5. The Bertz CT molecular complexity index is 588. The fourth-order valence-electron chi connectivity index (χ4n) is 2.34. The Labute approximate surface area is 115 Å². The highest BCUT2D eigenvalue weighted by Crippen LogP contribution is 2.31. The van der Waals surface area contributed by atoms with Gasteiger partial charge < -0.3 is 10.6 Å². The molecular weight excluding hydrogens is 258 g/mol. The second-order valence-corrected chi connectivity index (χ2v) is 5.63. The minimum atomic E-state index is 0.0607. The fourth-order valence-corrected chi connectivity index (χ4v) is 3.16. The van der Waals surface area contributed by atoms with Gasteiger partial charge in [0.05, 0.1) is 5.69 Å². The van der Waals surface area contributed by atoms with Gasteiger partial charge in [0.2, 0.25) is 0 Å². The maximum absolute atomic E-state index is 12.5. The second kappa shape index (κ2) is 5.01. The number of carbonyl (C=O) groups excluding carboxylic acids is 1. The number of benzene rings is 1. The van der Waals surface area contributed by atoms with Gasteiger partial charge in [-0.1, -0.05) is 41.7 Å². The lowest BCUT2D eigenvalue weighted by molar-refractivity contribution is 0.0798. The van der Waals surface area contributed by atoms with E-state index in [1.807, 2.05) is 35.2 Å². The van der Waals surface area contributed by atoms with Gasteiger partial charge in [-0.25, -0.2) is 4.98 Å². The van der Waals surface area contributed by atoms with E-state index in [0.717, 1.165) is 31.5 Å². The Morgan fingerprint density at radius 2 is 1.89 bits per heavy atom. The molecule has 1 saturated heterocycles. The van der Waals surface area contributed by atoms with Crippen LogP contribution in [0, 0.1) is 0 Å². The van der Waals surface area contributed by atoms with Gasteiger partial charge >= 0.3 is 0 Å². The first-order chi connectivity index (χ1) is 9.25. The van der Waals surface area contributed by atoms with Gasteiger partial charge in [0, 0.05) is 18.7 Å². The molecule has 1 fully saturated rings. The van der Waals surface area contributed by atoms with E-state index < -0.39 is 0 Å². The van der Waals surface area contributed by atoms with Gasteiger partial charge in [-0.2, -0.15) is 0 Å². The van der Waals surface area contributed by atoms with E-state index in [2.05, 4.69) is 4.98 Å². The monoisotopic (exact) mass is 273 g/mol. The van der Waals surface area contributed by atoms with Crippen LogP contribution in [-0.2, 0) is 0 Å². The summed E-state index contributed by atoms with van der Waals surface area (Å²) in [7, 11) is 0. The van der Waals surface area contributed by atoms with Crippen molar-refractivity contribution >= 4 is 22.4 Å². The van der Waals surface area contributed by atoms with Gasteiger partial charge in [0.15, 0.2) is 5.13 Å². The van der Waals surface area contributed by atoms with Crippen molar-refractivity contribution in [3.05, 3.63) is 35.2 Å². The molecule has 1 aromatic heterocycles. The number of rotatable bonds is 2. The van der Waals surface area contributed by atoms with E-state index in [9.17, 15) is 4.79 Å². The van der Waals surface area contributed by atoms with E-state index in [1.165, 1.54) is 11.3 Å². The van der Waals surface area contributed by atoms with Crippen LogP contribution in [0.4, 0.5) is 5.13 Å². The molecule has 2 heterocycles. The van der Waals surface area contributed by atoms with Gasteiger partial charge in [-0.05, 0) is 12.8 Å². The van der Waals surface area contributed by atoms with Crippen molar-refractivity contribution in [1.82, 2.24) is 9.88 Å². The van der Waals surface area contributed by atoms with Crippen LogP contribution in [0.2, 0.25) is 0 Å². The molecule has 1 aromatic carbocycles. The number of amides is 1. The highest BCUT2D eigenvalue weighted by atomic mass is 32.1. The minimum absolute atomic E-state index is 0.0607. The Morgan fingerprint density at radius 1 is 1.21 bits per heavy atom. The van der Waals surface area contributed by atoms with E-state index in [0.29, 0.717) is 15.7 Å². The third-order valence-corrected chi connectivity index (χ3v) is 4.15. The largest absolute Gasteiger partial charge is 0.375 e. The topological polar surface area (TPSA) is 59.2 Å². The van der Waals surface area contributed by atoms with E-state index in [1.54, 1.807) is 0 Å². The quantitative estimate of drug-likeness (QED) is 0.915. The standard InChI is InChI=1S/C14H15N3OS/c15-14-16-11(10-6-2-1-3-7-10)12(19-14)13(18)17-8-4-5-9-17/h1-3,6-7H,4-5,8-9H2,(H2,15,16). The number of hydrogen-bond donors (Lipinski definition) is 1. The first kappa shape index (κ1) is 12.2. The molecule has 2 N–H and O–H groups in total. The molecule has 0 spiro atoms. The van der Waals surface area contributed by atoms with Gasteiger partial charge in [-0.15, -0.1) is 0 Å². The average Bonchev–Trinajstić information content (AvgIpc) is 3.08. The molecule has 0 atom stereocenters. The van der Waals surface area contributed by atoms with Gasteiger partial charge in [0.25, 0.3) is 5.91 Å². The van der Waals surface area contributed by atoms with Crippen LogP contribution in [-0.4, -0.2) is 28.9 Å². The molecule has 0 saturated carbocycles. The van der Waals surface area contributed by atoms with Crippen LogP contribution in [0.15, 0.2) is 30.3 Å². The summed E-state index contributed by atoms with van der Waals surface area (Å²) in [5.41, 5.74) is 7.44. The van der Waals surface area contributed by atoms with Crippen LogP contribution >= 0.6 is 11.3 Å². The van der Waals surface area contributed by atoms with Crippen LogP contribution < -0.4 is 5.73 Å². The van der Waals surface area contributed by atoms with Crippen LogP contribution in [0.1, 0.15) is 22.5 Å². The number of nitrogens with zero attached hydrogens (tertiary/aromatic N) is 2. The molecule has 1 amide bonds. The predicted octanol–water partition coefficient (Wildman–Crippen LogP) is 2.63. The summed E-state index contributed by atoms with van der Waals surface area (Å²) in [5.74, 6) is 0.0607. The summed E-state index contributed by atoms with van der Waals surface area (Å²) in [6.07, 6.45) is 2.17. The smallest absolute Gasteiger partial charge is 0.266 e. The average molecular weight is 273 g/mol. The Balaban J connectivity index is 2.00. The summed E-state index contributed by atoms with van der Waals surface area (Å²) in [5, 5.41) is 0.446. The number of carbonyl (C=O) groups is 1. The van der Waals surface area contributed by atoms with Crippen molar-refractivity contribution < 1.29 is 4.79 Å². The van der Waals surface area contributed by atoms with Gasteiger partial charge in [-0.3, -0.25) is 4.79 Å². The van der Waals surface area contributed by atoms with Crippen molar-refractivity contribution in [2.24, 2.45) is 0 Å². The minimum Gasteiger partial charge on any atom is -0.375 e. The lowest BCUT2D eigenvalue weighted by Gasteiger charge is -2.14. The van der Waals surface area contributed by atoms with Crippen molar-refractivity contribution in [3.8, 4) is 11.3 Å². The normalized spacial score (nSPS) is 14.8. The predicted molar refractivity (Wildman–Crippen MR) is 77.1 cm³/mol. The molecule has 1 aliphatic heterocycles. The van der Waals surface area contributed by atoms with E-state index in [4.69, 9.17) is 5.73 Å². The van der Waals surface area contributed by atoms with Crippen molar-refractivity contribution in [1.29, 1.82) is 0 Å². The lowest BCUT2D eigenvalue weighted by Crippen LogP contribution is -2.27. The van der Waals surface area contributed by atoms with Crippen LogP contribution in [0.5, 0.6) is 0 Å². The maximum Gasteiger partial charge on any atom is 0.266 e. The van der Waals surface area contributed by atoms with Crippen molar-refractivity contribution in [3.63, 3.8) is 0 Å². The molecule has 0 unspecified atom stereocenters.